The molecule has 0 saturated heterocycles. The van der Waals surface area contributed by atoms with Gasteiger partial charge in [-0.3, -0.25) is 0 Å². The molecule has 0 fully saturated rings. The second kappa shape index (κ2) is 17.0. The molecular weight excluding hydrogens is 957 g/mol. The molecule has 0 aliphatic rings. The van der Waals surface area contributed by atoms with Crippen LogP contribution in [-0.2, 0) is 0 Å². The summed E-state index contributed by atoms with van der Waals surface area (Å²) < 4.78 is 26.4. The van der Waals surface area contributed by atoms with E-state index in [4.69, 9.17) is 17.7 Å². The Morgan fingerprint density at radius 3 is 0.623 bits per heavy atom. The van der Waals surface area contributed by atoms with Crippen LogP contribution in [-0.4, -0.2) is 8.07 Å². The highest BCUT2D eigenvalue weighted by Gasteiger charge is 2.42. The average Bonchev–Trinajstić information content (AvgIpc) is 4.30. The van der Waals surface area contributed by atoms with Gasteiger partial charge in [0, 0.05) is 65.3 Å². The summed E-state index contributed by atoms with van der Waals surface area (Å²) in [5.41, 5.74) is 15.8. The Bertz CT molecular complexity index is 4320. The Balaban J connectivity index is 0.914. The fourth-order valence-corrected chi connectivity index (χ4v) is 17.2. The molecule has 77 heavy (non-hydrogen) atoms. The van der Waals surface area contributed by atoms with Gasteiger partial charge in [0.15, 0.2) is 8.07 Å². The maximum atomic E-state index is 6.61. The van der Waals surface area contributed by atoms with Crippen LogP contribution < -0.4 is 20.7 Å². The van der Waals surface area contributed by atoms with Crippen LogP contribution in [0.25, 0.3) is 132 Å². The molecule has 0 saturated carbocycles. The number of para-hydroxylation sites is 8. The second-order valence-corrected chi connectivity index (χ2v) is 24.0. The maximum absolute atomic E-state index is 6.61. The SMILES string of the molecule is c1ccc2c(c1)oc1c(-c3ccc([Si](c4ccc(-c5cccc6c5oc5ccccc56)cc4)(c4ccc(-c5cccc6c5oc5ccccc56)cc4)c4ccc(-c5cccc6c5oc5ccccc56)cc4)cc3)cccc12. The third-order valence-electron chi connectivity index (χ3n) is 16.1. The van der Waals surface area contributed by atoms with Crippen LogP contribution >= 0.6 is 0 Å². The smallest absolute Gasteiger partial charge is 0.179 e. The lowest BCUT2D eigenvalue weighted by Gasteiger charge is -2.35. The molecule has 0 bridgehead atoms. The minimum Gasteiger partial charge on any atom is -0.455 e. The zero-order valence-corrected chi connectivity index (χ0v) is 42.5. The zero-order chi connectivity index (χ0) is 50.6. The summed E-state index contributed by atoms with van der Waals surface area (Å²) in [5.74, 6) is 0. The van der Waals surface area contributed by atoms with Crippen molar-refractivity contribution in [2.45, 2.75) is 0 Å². The molecule has 0 aliphatic carbocycles. The van der Waals surface area contributed by atoms with Crippen molar-refractivity contribution in [2.75, 3.05) is 0 Å². The highest BCUT2D eigenvalue weighted by molar-refractivity contribution is 7.19. The topological polar surface area (TPSA) is 52.6 Å². The molecule has 0 atom stereocenters. The first-order chi connectivity index (χ1) is 38.2. The Morgan fingerprint density at radius 1 is 0.182 bits per heavy atom. The highest BCUT2D eigenvalue weighted by Crippen LogP contribution is 2.40. The largest absolute Gasteiger partial charge is 0.455 e. The fourth-order valence-electron chi connectivity index (χ4n) is 12.5. The van der Waals surface area contributed by atoms with Gasteiger partial charge in [-0.2, -0.15) is 0 Å². The first-order valence-corrected chi connectivity index (χ1v) is 28.2. The molecule has 12 aromatic carbocycles. The molecule has 4 heterocycles. The molecule has 16 rings (SSSR count). The van der Waals surface area contributed by atoms with Gasteiger partial charge in [0.25, 0.3) is 0 Å². The first kappa shape index (κ1) is 43.5. The van der Waals surface area contributed by atoms with Crippen LogP contribution in [0.1, 0.15) is 0 Å². The van der Waals surface area contributed by atoms with E-state index in [1.54, 1.807) is 0 Å². The van der Waals surface area contributed by atoms with E-state index in [-0.39, 0.29) is 0 Å². The molecule has 0 unspecified atom stereocenters. The van der Waals surface area contributed by atoms with Gasteiger partial charge in [-0.05, 0) is 67.3 Å². The predicted molar refractivity (Wildman–Crippen MR) is 321 cm³/mol. The van der Waals surface area contributed by atoms with Gasteiger partial charge in [-0.1, -0.05) is 243 Å². The standard InChI is InChI=1S/C72H44O4Si/c1-5-25-65-57(13-1)61-21-9-17-53(69(61)73-65)45-29-37-49(38-30-45)77(50-39-31-46(32-40-50)54-18-10-22-62-58-14-2-6-26-66(58)74-70(54)62,51-41-33-47(34-42-51)55-19-11-23-63-59-15-3-7-27-67(59)75-71(55)63)52-43-35-48(36-44-52)56-20-12-24-64-60-16-4-8-28-68(60)76-72(56)64/h1-44H. The molecular formula is C72H44O4Si. The summed E-state index contributed by atoms with van der Waals surface area (Å²) >= 11 is 0. The van der Waals surface area contributed by atoms with Gasteiger partial charge in [0.2, 0.25) is 0 Å². The summed E-state index contributed by atoms with van der Waals surface area (Å²) in [6.07, 6.45) is 0. The van der Waals surface area contributed by atoms with E-state index in [1.165, 1.54) is 20.7 Å². The summed E-state index contributed by atoms with van der Waals surface area (Å²) in [6, 6.07) is 96.4. The van der Waals surface area contributed by atoms with Crippen molar-refractivity contribution in [3.63, 3.8) is 0 Å². The minimum atomic E-state index is -3.21. The van der Waals surface area contributed by atoms with Gasteiger partial charge in [-0.25, -0.2) is 0 Å². The molecule has 0 N–H and O–H groups in total. The van der Waals surface area contributed by atoms with Gasteiger partial charge in [0.1, 0.15) is 44.7 Å². The summed E-state index contributed by atoms with van der Waals surface area (Å²) in [4.78, 5) is 0. The number of furan rings is 4. The molecule has 0 spiro atoms. The molecule has 0 amide bonds. The van der Waals surface area contributed by atoms with Gasteiger partial charge in [0.05, 0.1) is 0 Å². The van der Waals surface area contributed by atoms with Crippen molar-refractivity contribution in [1.82, 2.24) is 0 Å². The minimum absolute atomic E-state index is 0.887. The van der Waals surface area contributed by atoms with Crippen molar-refractivity contribution < 1.29 is 17.7 Å². The Hall–Kier alpha value is -9.94. The third kappa shape index (κ3) is 6.64. The van der Waals surface area contributed by atoms with Crippen LogP contribution in [0.15, 0.2) is 285 Å². The normalized spacial score (nSPS) is 12.2. The monoisotopic (exact) mass is 1000 g/mol. The van der Waals surface area contributed by atoms with Crippen molar-refractivity contribution in [3.8, 4) is 44.5 Å². The molecule has 4 nitrogen and oxygen atoms in total. The van der Waals surface area contributed by atoms with Crippen LogP contribution in [0, 0.1) is 0 Å². The van der Waals surface area contributed by atoms with Gasteiger partial charge >= 0.3 is 0 Å². The summed E-state index contributed by atoms with van der Waals surface area (Å²) in [5, 5.41) is 13.9. The number of fused-ring (bicyclic) bond motifs is 12. The molecule has 0 aliphatic heterocycles. The number of hydrogen-bond acceptors (Lipinski definition) is 4. The van der Waals surface area contributed by atoms with Gasteiger partial charge in [-0.15, -0.1) is 0 Å². The summed E-state index contributed by atoms with van der Waals surface area (Å²) in [6.45, 7) is 0. The lowest BCUT2D eigenvalue weighted by Crippen LogP contribution is -2.74. The van der Waals surface area contributed by atoms with Crippen LogP contribution in [0.2, 0.25) is 0 Å². The van der Waals surface area contributed by atoms with Gasteiger partial charge < -0.3 is 17.7 Å². The van der Waals surface area contributed by atoms with Crippen LogP contribution in [0.5, 0.6) is 0 Å². The Labute approximate surface area is 443 Å². The van der Waals surface area contributed by atoms with E-state index in [2.05, 4.69) is 243 Å². The molecule has 16 aromatic rings. The third-order valence-corrected chi connectivity index (χ3v) is 20.9. The van der Waals surface area contributed by atoms with Crippen molar-refractivity contribution in [2.24, 2.45) is 0 Å². The van der Waals surface area contributed by atoms with Crippen LogP contribution in [0.4, 0.5) is 0 Å². The highest BCUT2D eigenvalue weighted by atomic mass is 28.3. The van der Waals surface area contributed by atoms with E-state index in [9.17, 15) is 0 Å². The molecule has 360 valence electrons. The average molecular weight is 1000 g/mol. The van der Waals surface area contributed by atoms with E-state index < -0.39 is 8.07 Å². The van der Waals surface area contributed by atoms with E-state index in [0.29, 0.717) is 0 Å². The Kier molecular flexibility index (Phi) is 9.62. The van der Waals surface area contributed by atoms with Crippen molar-refractivity contribution >= 4 is 117 Å². The first-order valence-electron chi connectivity index (χ1n) is 26.2. The number of rotatable bonds is 8. The molecule has 0 radical (unpaired) electrons. The zero-order valence-electron chi connectivity index (χ0n) is 41.5. The van der Waals surface area contributed by atoms with Crippen molar-refractivity contribution in [3.05, 3.63) is 267 Å². The maximum Gasteiger partial charge on any atom is 0.179 e. The molecule has 5 heteroatoms. The Morgan fingerprint density at radius 2 is 0.390 bits per heavy atom. The number of benzene rings is 12. The summed E-state index contributed by atoms with van der Waals surface area (Å²) in [7, 11) is -3.21. The second-order valence-electron chi connectivity index (χ2n) is 20.2. The van der Waals surface area contributed by atoms with Crippen LogP contribution in [0.3, 0.4) is 0 Å². The quantitative estimate of drug-likeness (QED) is 0.112. The lowest BCUT2D eigenvalue weighted by atomic mass is 10.0. The van der Waals surface area contributed by atoms with E-state index in [0.717, 1.165) is 132 Å². The lowest BCUT2D eigenvalue weighted by molar-refractivity contribution is 0.669. The predicted octanol–water partition coefficient (Wildman–Crippen LogP) is 17.3. The molecule has 4 aromatic heterocycles. The van der Waals surface area contributed by atoms with E-state index >= 15 is 0 Å². The van der Waals surface area contributed by atoms with E-state index in [1.807, 2.05) is 24.3 Å². The van der Waals surface area contributed by atoms with Crippen molar-refractivity contribution in [1.29, 1.82) is 0 Å². The number of hydrogen-bond donors (Lipinski definition) is 0. The fraction of sp³-hybridized carbons (Fsp3) is 0.